The van der Waals surface area contributed by atoms with Crippen LogP contribution in [0.1, 0.15) is 64.7 Å². The SMILES string of the molecule is CCCCCCCCCN(CC(=O)O)C1CC1. The maximum Gasteiger partial charge on any atom is 0.317 e. The largest absolute Gasteiger partial charge is 0.480 e. The Morgan fingerprint density at radius 1 is 1.12 bits per heavy atom. The van der Waals surface area contributed by atoms with Crippen LogP contribution in [0.15, 0.2) is 0 Å². The Labute approximate surface area is 105 Å². The van der Waals surface area contributed by atoms with E-state index in [1.54, 1.807) is 0 Å². The summed E-state index contributed by atoms with van der Waals surface area (Å²) in [7, 11) is 0. The highest BCUT2D eigenvalue weighted by Crippen LogP contribution is 2.26. The van der Waals surface area contributed by atoms with Crippen molar-refractivity contribution in [3.05, 3.63) is 0 Å². The number of aliphatic carboxylic acids is 1. The Bertz CT molecular complexity index is 214. The van der Waals surface area contributed by atoms with Crippen LogP contribution in [0.2, 0.25) is 0 Å². The van der Waals surface area contributed by atoms with Crippen LogP contribution in [-0.2, 0) is 4.79 Å². The lowest BCUT2D eigenvalue weighted by Gasteiger charge is -2.19. The van der Waals surface area contributed by atoms with Crippen molar-refractivity contribution in [3.63, 3.8) is 0 Å². The minimum Gasteiger partial charge on any atom is -0.480 e. The molecular formula is C14H27NO2. The molecule has 0 aromatic heterocycles. The molecule has 0 spiro atoms. The van der Waals surface area contributed by atoms with Gasteiger partial charge in [-0.1, -0.05) is 45.4 Å². The topological polar surface area (TPSA) is 40.5 Å². The van der Waals surface area contributed by atoms with Gasteiger partial charge in [-0.25, -0.2) is 0 Å². The van der Waals surface area contributed by atoms with Crippen molar-refractivity contribution in [3.8, 4) is 0 Å². The highest BCUT2D eigenvalue weighted by Gasteiger charge is 2.29. The van der Waals surface area contributed by atoms with Gasteiger partial charge in [-0.05, 0) is 25.8 Å². The van der Waals surface area contributed by atoms with Crippen molar-refractivity contribution in [1.29, 1.82) is 0 Å². The highest BCUT2D eigenvalue weighted by atomic mass is 16.4. The maximum atomic E-state index is 10.7. The molecule has 1 N–H and O–H groups in total. The van der Waals surface area contributed by atoms with Gasteiger partial charge in [0.1, 0.15) is 0 Å². The van der Waals surface area contributed by atoms with E-state index in [2.05, 4.69) is 11.8 Å². The molecule has 0 aromatic rings. The van der Waals surface area contributed by atoms with Crippen LogP contribution in [0.25, 0.3) is 0 Å². The first kappa shape index (κ1) is 14.5. The maximum absolute atomic E-state index is 10.7. The van der Waals surface area contributed by atoms with Crippen molar-refractivity contribution in [2.45, 2.75) is 70.8 Å². The second-order valence-corrected chi connectivity index (χ2v) is 5.22. The Balaban J connectivity index is 1.97. The van der Waals surface area contributed by atoms with Crippen molar-refractivity contribution in [1.82, 2.24) is 4.90 Å². The zero-order chi connectivity index (χ0) is 12.5. The number of carboxylic acid groups (broad SMARTS) is 1. The van der Waals surface area contributed by atoms with Gasteiger partial charge in [0, 0.05) is 6.04 Å². The standard InChI is InChI=1S/C14H27NO2/c1-2-3-4-5-6-7-8-11-15(12-14(16)17)13-9-10-13/h13H,2-12H2,1H3,(H,16,17). The van der Waals surface area contributed by atoms with Crippen LogP contribution in [0.5, 0.6) is 0 Å². The van der Waals surface area contributed by atoms with E-state index in [-0.39, 0.29) is 6.54 Å². The lowest BCUT2D eigenvalue weighted by molar-refractivity contribution is -0.138. The van der Waals surface area contributed by atoms with E-state index in [1.807, 2.05) is 0 Å². The molecule has 0 atom stereocenters. The first-order valence-corrected chi connectivity index (χ1v) is 7.20. The first-order valence-electron chi connectivity index (χ1n) is 7.20. The molecule has 3 heteroatoms. The van der Waals surface area contributed by atoms with Gasteiger partial charge in [-0.15, -0.1) is 0 Å². The predicted octanol–water partition coefficient (Wildman–Crippen LogP) is 3.29. The van der Waals surface area contributed by atoms with Gasteiger partial charge in [-0.3, -0.25) is 9.69 Å². The number of rotatable bonds is 11. The van der Waals surface area contributed by atoms with E-state index in [0.717, 1.165) is 13.0 Å². The molecule has 0 heterocycles. The second-order valence-electron chi connectivity index (χ2n) is 5.22. The lowest BCUT2D eigenvalue weighted by atomic mass is 10.1. The van der Waals surface area contributed by atoms with Gasteiger partial charge in [0.2, 0.25) is 0 Å². The molecule has 0 aromatic carbocycles. The fraction of sp³-hybridized carbons (Fsp3) is 0.929. The summed E-state index contributed by atoms with van der Waals surface area (Å²) in [5.74, 6) is -0.681. The summed E-state index contributed by atoms with van der Waals surface area (Å²) in [6.45, 7) is 3.45. The molecule has 1 rings (SSSR count). The van der Waals surface area contributed by atoms with E-state index < -0.39 is 5.97 Å². The first-order chi connectivity index (χ1) is 8.24. The normalized spacial score (nSPS) is 15.4. The third kappa shape index (κ3) is 7.37. The molecule has 1 aliphatic rings. The van der Waals surface area contributed by atoms with Gasteiger partial charge >= 0.3 is 5.97 Å². The third-order valence-corrected chi connectivity index (χ3v) is 3.45. The molecule has 0 radical (unpaired) electrons. The molecule has 1 aliphatic carbocycles. The Hall–Kier alpha value is -0.570. The number of carbonyl (C=O) groups is 1. The molecule has 0 aliphatic heterocycles. The predicted molar refractivity (Wildman–Crippen MR) is 70.2 cm³/mol. The fourth-order valence-electron chi connectivity index (χ4n) is 2.28. The molecular weight excluding hydrogens is 214 g/mol. The summed E-state index contributed by atoms with van der Waals surface area (Å²) >= 11 is 0. The van der Waals surface area contributed by atoms with E-state index in [4.69, 9.17) is 5.11 Å². The van der Waals surface area contributed by atoms with Crippen molar-refractivity contribution >= 4 is 5.97 Å². The van der Waals surface area contributed by atoms with E-state index in [0.29, 0.717) is 6.04 Å². The van der Waals surface area contributed by atoms with Crippen LogP contribution < -0.4 is 0 Å². The number of hydrogen-bond donors (Lipinski definition) is 1. The van der Waals surface area contributed by atoms with E-state index in [9.17, 15) is 4.79 Å². The summed E-state index contributed by atoms with van der Waals surface area (Å²) in [5, 5.41) is 8.82. The van der Waals surface area contributed by atoms with Crippen LogP contribution in [-0.4, -0.2) is 35.1 Å². The molecule has 0 saturated heterocycles. The smallest absolute Gasteiger partial charge is 0.317 e. The zero-order valence-corrected chi connectivity index (χ0v) is 11.2. The van der Waals surface area contributed by atoms with Gasteiger partial charge < -0.3 is 5.11 Å². The number of hydrogen-bond acceptors (Lipinski definition) is 2. The molecule has 17 heavy (non-hydrogen) atoms. The Morgan fingerprint density at radius 3 is 2.24 bits per heavy atom. The minimum absolute atomic E-state index is 0.237. The van der Waals surface area contributed by atoms with Gasteiger partial charge in [0.15, 0.2) is 0 Å². The summed E-state index contributed by atoms with van der Waals surface area (Å²) in [6, 6.07) is 0.575. The summed E-state index contributed by atoms with van der Waals surface area (Å²) < 4.78 is 0. The van der Waals surface area contributed by atoms with Crippen molar-refractivity contribution < 1.29 is 9.90 Å². The quantitative estimate of drug-likeness (QED) is 0.564. The summed E-state index contributed by atoms with van der Waals surface area (Å²) in [5.41, 5.74) is 0. The fourth-order valence-corrected chi connectivity index (χ4v) is 2.28. The minimum atomic E-state index is -0.681. The Morgan fingerprint density at radius 2 is 1.71 bits per heavy atom. The molecule has 0 bridgehead atoms. The number of carboxylic acids is 1. The van der Waals surface area contributed by atoms with Gasteiger partial charge in [0.25, 0.3) is 0 Å². The van der Waals surface area contributed by atoms with Gasteiger partial charge in [0.05, 0.1) is 6.54 Å². The number of nitrogens with zero attached hydrogens (tertiary/aromatic N) is 1. The van der Waals surface area contributed by atoms with E-state index >= 15 is 0 Å². The highest BCUT2D eigenvalue weighted by molar-refractivity contribution is 5.69. The van der Waals surface area contributed by atoms with Crippen LogP contribution in [0.3, 0.4) is 0 Å². The van der Waals surface area contributed by atoms with Gasteiger partial charge in [-0.2, -0.15) is 0 Å². The van der Waals surface area contributed by atoms with Crippen LogP contribution in [0.4, 0.5) is 0 Å². The monoisotopic (exact) mass is 241 g/mol. The second kappa shape index (κ2) is 8.51. The average molecular weight is 241 g/mol. The van der Waals surface area contributed by atoms with Crippen molar-refractivity contribution in [2.75, 3.05) is 13.1 Å². The summed E-state index contributed by atoms with van der Waals surface area (Å²) in [4.78, 5) is 12.9. The lowest BCUT2D eigenvalue weighted by Crippen LogP contribution is -2.32. The van der Waals surface area contributed by atoms with E-state index in [1.165, 1.54) is 51.4 Å². The molecule has 0 unspecified atom stereocenters. The molecule has 0 amide bonds. The number of unbranched alkanes of at least 4 members (excludes halogenated alkanes) is 6. The Kier molecular flexibility index (Phi) is 7.25. The van der Waals surface area contributed by atoms with Crippen LogP contribution in [0, 0.1) is 0 Å². The zero-order valence-electron chi connectivity index (χ0n) is 11.2. The molecule has 3 nitrogen and oxygen atoms in total. The molecule has 100 valence electrons. The van der Waals surface area contributed by atoms with Crippen molar-refractivity contribution in [2.24, 2.45) is 0 Å². The average Bonchev–Trinajstić information content (AvgIpc) is 3.09. The third-order valence-electron chi connectivity index (χ3n) is 3.45. The molecule has 1 saturated carbocycles. The van der Waals surface area contributed by atoms with Crippen LogP contribution >= 0.6 is 0 Å². The summed E-state index contributed by atoms with van der Waals surface area (Å²) in [6.07, 6.45) is 11.5. The molecule has 1 fully saturated rings.